The Bertz CT molecular complexity index is 1630. The summed E-state index contributed by atoms with van der Waals surface area (Å²) in [6.45, 7) is 9.43. The van der Waals surface area contributed by atoms with Crippen LogP contribution in [0.25, 0.3) is 28.0 Å². The lowest BCUT2D eigenvalue weighted by atomic mass is 9.99. The van der Waals surface area contributed by atoms with E-state index in [-0.39, 0.29) is 23.5 Å². The van der Waals surface area contributed by atoms with Crippen molar-refractivity contribution in [3.63, 3.8) is 0 Å². The van der Waals surface area contributed by atoms with Crippen LogP contribution in [0, 0.1) is 18.6 Å². The second kappa shape index (κ2) is 12.1. The zero-order valence-corrected chi connectivity index (χ0v) is 23.5. The predicted octanol–water partition coefficient (Wildman–Crippen LogP) is 5.07. The number of aromatic nitrogens is 3. The summed E-state index contributed by atoms with van der Waals surface area (Å²) in [5, 5.41) is 6.66. The summed E-state index contributed by atoms with van der Waals surface area (Å²) < 4.78 is 30.9. The van der Waals surface area contributed by atoms with Crippen molar-refractivity contribution in [2.24, 2.45) is 0 Å². The molecule has 1 fully saturated rings. The quantitative estimate of drug-likeness (QED) is 0.249. The highest BCUT2D eigenvalue weighted by molar-refractivity contribution is 5.98. The fourth-order valence-corrected chi connectivity index (χ4v) is 4.88. The number of benzene rings is 2. The number of aryl methyl sites for hydroxylation is 1. The number of nitrogens with zero attached hydrogens (tertiary/aromatic N) is 4. The molecule has 0 atom stereocenters. The van der Waals surface area contributed by atoms with Crippen LogP contribution in [0.4, 0.5) is 14.7 Å². The van der Waals surface area contributed by atoms with Gasteiger partial charge in [-0.25, -0.2) is 13.8 Å². The molecule has 2 N–H and O–H groups in total. The zero-order chi connectivity index (χ0) is 29.1. The molecular weight excluding hydrogens is 526 g/mol. The van der Waals surface area contributed by atoms with Crippen LogP contribution in [0.3, 0.4) is 0 Å². The first kappa shape index (κ1) is 28.4. The number of hydrogen-bond acceptors (Lipinski definition) is 6. The number of anilines is 1. The molecule has 1 amide bonds. The van der Waals surface area contributed by atoms with Gasteiger partial charge < -0.3 is 15.5 Å². The molecule has 41 heavy (non-hydrogen) atoms. The third-order valence-corrected chi connectivity index (χ3v) is 7.41. The van der Waals surface area contributed by atoms with Crippen LogP contribution >= 0.6 is 0 Å². The number of hydrogen-bond donors (Lipinski definition) is 2. The Morgan fingerprint density at radius 1 is 1.05 bits per heavy atom. The van der Waals surface area contributed by atoms with Crippen LogP contribution < -0.4 is 16.2 Å². The number of fused-ring (bicyclic) bond motifs is 1. The van der Waals surface area contributed by atoms with E-state index in [1.165, 1.54) is 12.1 Å². The van der Waals surface area contributed by atoms with Crippen molar-refractivity contribution in [3.8, 4) is 16.9 Å². The molecule has 1 aliphatic rings. The van der Waals surface area contributed by atoms with Crippen molar-refractivity contribution < 1.29 is 13.6 Å². The number of amides is 1. The van der Waals surface area contributed by atoms with E-state index in [0.29, 0.717) is 28.8 Å². The number of carbonyl (C=O) groups is 1. The van der Waals surface area contributed by atoms with E-state index < -0.39 is 22.9 Å². The van der Waals surface area contributed by atoms with Crippen molar-refractivity contribution in [2.45, 2.75) is 46.1 Å². The SMILES string of the molecule is CCN(CC)CCCNc1nc(-c2cc(C(=O)NC3CC3)ccc2C)c2ccc(=O)n(-c3c(F)cccc3F)c2n1. The normalized spacial score (nSPS) is 13.1. The molecule has 8 nitrogen and oxygen atoms in total. The number of nitrogens with one attached hydrogen (secondary N) is 2. The molecule has 2 aromatic carbocycles. The van der Waals surface area contributed by atoms with Crippen LogP contribution in [-0.4, -0.2) is 57.6 Å². The van der Waals surface area contributed by atoms with Gasteiger partial charge in [0.25, 0.3) is 11.5 Å². The summed E-state index contributed by atoms with van der Waals surface area (Å²) in [6.07, 6.45) is 2.75. The maximum Gasteiger partial charge on any atom is 0.256 e. The molecule has 4 aromatic rings. The fraction of sp³-hybridized carbons (Fsp3) is 0.355. The van der Waals surface area contributed by atoms with Crippen LogP contribution in [0.5, 0.6) is 0 Å². The van der Waals surface area contributed by atoms with Gasteiger partial charge in [0, 0.05) is 35.2 Å². The summed E-state index contributed by atoms with van der Waals surface area (Å²) in [7, 11) is 0. The number of pyridine rings is 1. The minimum Gasteiger partial charge on any atom is -0.354 e. The van der Waals surface area contributed by atoms with Crippen molar-refractivity contribution in [1.29, 1.82) is 0 Å². The third kappa shape index (κ3) is 6.12. The van der Waals surface area contributed by atoms with Gasteiger partial charge >= 0.3 is 0 Å². The van der Waals surface area contributed by atoms with Gasteiger partial charge in [-0.3, -0.25) is 14.2 Å². The van der Waals surface area contributed by atoms with Gasteiger partial charge in [0.1, 0.15) is 17.3 Å². The summed E-state index contributed by atoms with van der Waals surface area (Å²) in [5.74, 6) is -1.73. The molecule has 0 spiro atoms. The average Bonchev–Trinajstić information content (AvgIpc) is 3.78. The first-order valence-corrected chi connectivity index (χ1v) is 14.1. The Kier molecular flexibility index (Phi) is 8.39. The van der Waals surface area contributed by atoms with Crippen molar-refractivity contribution in [2.75, 3.05) is 31.5 Å². The van der Waals surface area contributed by atoms with E-state index in [1.54, 1.807) is 18.2 Å². The minimum absolute atomic E-state index is 0.0602. The third-order valence-electron chi connectivity index (χ3n) is 7.41. The van der Waals surface area contributed by atoms with Crippen molar-refractivity contribution >= 4 is 22.9 Å². The van der Waals surface area contributed by atoms with Crippen LogP contribution in [0.1, 0.15) is 49.0 Å². The maximum absolute atomic E-state index is 15.0. The molecule has 214 valence electrons. The smallest absolute Gasteiger partial charge is 0.256 e. The molecule has 0 aliphatic heterocycles. The second-order valence-corrected chi connectivity index (χ2v) is 10.3. The van der Waals surface area contributed by atoms with Gasteiger partial charge in [-0.1, -0.05) is 26.0 Å². The largest absolute Gasteiger partial charge is 0.354 e. The Morgan fingerprint density at radius 3 is 2.46 bits per heavy atom. The summed E-state index contributed by atoms with van der Waals surface area (Å²) in [6, 6.07) is 11.8. The van der Waals surface area contributed by atoms with Gasteiger partial charge in [0.15, 0.2) is 5.65 Å². The molecule has 2 heterocycles. The number of para-hydroxylation sites is 1. The van der Waals surface area contributed by atoms with Crippen LogP contribution in [0.15, 0.2) is 53.3 Å². The van der Waals surface area contributed by atoms with Crippen molar-refractivity contribution in [3.05, 3.63) is 81.6 Å². The van der Waals surface area contributed by atoms with E-state index in [9.17, 15) is 18.4 Å². The van der Waals surface area contributed by atoms with E-state index >= 15 is 0 Å². The molecule has 0 bridgehead atoms. The van der Waals surface area contributed by atoms with Gasteiger partial charge in [0.2, 0.25) is 5.95 Å². The van der Waals surface area contributed by atoms with E-state index in [2.05, 4.69) is 34.4 Å². The maximum atomic E-state index is 15.0. The fourth-order valence-electron chi connectivity index (χ4n) is 4.88. The number of carbonyl (C=O) groups excluding carboxylic acids is 1. The van der Waals surface area contributed by atoms with E-state index in [0.717, 1.165) is 61.2 Å². The lowest BCUT2D eigenvalue weighted by Gasteiger charge is -2.18. The van der Waals surface area contributed by atoms with E-state index in [1.807, 2.05) is 13.0 Å². The summed E-state index contributed by atoms with van der Waals surface area (Å²) >= 11 is 0. The Balaban J connectivity index is 1.66. The molecule has 1 aliphatic carbocycles. The highest BCUT2D eigenvalue weighted by atomic mass is 19.1. The molecule has 0 radical (unpaired) electrons. The molecule has 10 heteroatoms. The summed E-state index contributed by atoms with van der Waals surface area (Å²) in [4.78, 5) is 37.7. The molecule has 0 unspecified atom stereocenters. The molecule has 1 saturated carbocycles. The minimum atomic E-state index is -0.886. The van der Waals surface area contributed by atoms with Crippen LogP contribution in [0.2, 0.25) is 0 Å². The van der Waals surface area contributed by atoms with Gasteiger partial charge in [-0.15, -0.1) is 0 Å². The lowest BCUT2D eigenvalue weighted by Crippen LogP contribution is -2.26. The highest BCUT2D eigenvalue weighted by Gasteiger charge is 2.25. The molecule has 0 saturated heterocycles. The molecule has 5 rings (SSSR count). The summed E-state index contributed by atoms with van der Waals surface area (Å²) in [5.41, 5.74) is 1.35. The Morgan fingerprint density at radius 2 is 1.78 bits per heavy atom. The Hall–Kier alpha value is -4.18. The van der Waals surface area contributed by atoms with Crippen molar-refractivity contribution in [1.82, 2.24) is 24.8 Å². The topological polar surface area (TPSA) is 92.2 Å². The van der Waals surface area contributed by atoms with Gasteiger partial charge in [0.05, 0.1) is 5.69 Å². The molecular formula is C31H34F2N6O2. The second-order valence-electron chi connectivity index (χ2n) is 10.3. The predicted molar refractivity (Wildman–Crippen MR) is 157 cm³/mol. The standard InChI is InChI=1S/C31H34F2N6O2/c1-4-38(5-2)17-7-16-34-31-36-27(23-18-20(11-10-19(23)3)30(41)35-21-12-13-21)22-14-15-26(40)39(29(22)37-31)28-24(32)8-6-9-25(28)33/h6,8-11,14-15,18,21H,4-5,7,12-13,16-17H2,1-3H3,(H,35,41)(H,34,36,37). The number of rotatable bonds is 11. The van der Waals surface area contributed by atoms with Crippen LogP contribution in [-0.2, 0) is 0 Å². The van der Waals surface area contributed by atoms with Gasteiger partial charge in [-0.2, -0.15) is 4.98 Å². The number of halogens is 2. The van der Waals surface area contributed by atoms with E-state index in [4.69, 9.17) is 4.98 Å². The zero-order valence-electron chi connectivity index (χ0n) is 23.5. The first-order valence-electron chi connectivity index (χ1n) is 14.1. The lowest BCUT2D eigenvalue weighted by molar-refractivity contribution is 0.0951. The Labute approximate surface area is 237 Å². The average molecular weight is 561 g/mol. The first-order chi connectivity index (χ1) is 19.8. The monoisotopic (exact) mass is 560 g/mol. The van der Waals surface area contributed by atoms with Gasteiger partial charge in [-0.05, 0) is 81.7 Å². The molecule has 2 aromatic heterocycles. The highest BCUT2D eigenvalue weighted by Crippen LogP contribution is 2.32.